The van der Waals surface area contributed by atoms with E-state index in [2.05, 4.69) is 25.4 Å². The van der Waals surface area contributed by atoms with Crippen LogP contribution in [0.2, 0.25) is 0 Å². The Balaban J connectivity index is 1.64. The summed E-state index contributed by atoms with van der Waals surface area (Å²) in [4.78, 5) is 38.7. The van der Waals surface area contributed by atoms with Gasteiger partial charge in [-0.25, -0.2) is 9.78 Å². The predicted octanol–water partition coefficient (Wildman–Crippen LogP) is 2.45. The van der Waals surface area contributed by atoms with Crippen molar-refractivity contribution in [3.05, 3.63) is 75.3 Å². The number of aromatic amines is 1. The average Bonchev–Trinajstić information content (AvgIpc) is 3.34. The summed E-state index contributed by atoms with van der Waals surface area (Å²) < 4.78 is 45.4. The van der Waals surface area contributed by atoms with E-state index in [1.165, 1.54) is 18.3 Å². The van der Waals surface area contributed by atoms with Crippen LogP contribution in [0.1, 0.15) is 5.56 Å². The lowest BCUT2D eigenvalue weighted by Crippen LogP contribution is -2.44. The summed E-state index contributed by atoms with van der Waals surface area (Å²) >= 11 is 0. The molecule has 1 aliphatic heterocycles. The van der Waals surface area contributed by atoms with Gasteiger partial charge in [0.05, 0.1) is 39.6 Å². The SMILES string of the molecule is Cn1cc(-c2ccc3ncc4c(=O)[nH]c(=O)n(-c5ccc(N6CCNCC6)c(C(F)(F)F)c5)c4c3n2)cn1. The molecule has 13 heteroatoms. The zero-order valence-electron chi connectivity index (χ0n) is 20.1. The second-order valence-corrected chi connectivity index (χ2v) is 9.02. The number of piperazine rings is 1. The zero-order valence-corrected chi connectivity index (χ0v) is 20.1. The van der Waals surface area contributed by atoms with Gasteiger partial charge in [-0.05, 0) is 30.3 Å². The summed E-state index contributed by atoms with van der Waals surface area (Å²) in [5.41, 5.74) is -0.651. The van der Waals surface area contributed by atoms with Gasteiger partial charge in [-0.3, -0.25) is 24.0 Å². The van der Waals surface area contributed by atoms with E-state index >= 15 is 0 Å². The summed E-state index contributed by atoms with van der Waals surface area (Å²) in [6.45, 7) is 1.96. The van der Waals surface area contributed by atoms with Crippen LogP contribution >= 0.6 is 0 Å². The maximum Gasteiger partial charge on any atom is 0.418 e. The van der Waals surface area contributed by atoms with Crippen LogP contribution in [0.4, 0.5) is 18.9 Å². The largest absolute Gasteiger partial charge is 0.418 e. The Morgan fingerprint density at radius 3 is 2.53 bits per heavy atom. The van der Waals surface area contributed by atoms with Gasteiger partial charge in [-0.15, -0.1) is 0 Å². The number of alkyl halides is 3. The Bertz CT molecular complexity index is 1820. The van der Waals surface area contributed by atoms with Crippen LogP contribution in [0.25, 0.3) is 38.9 Å². The van der Waals surface area contributed by atoms with Gasteiger partial charge in [-0.2, -0.15) is 18.3 Å². The number of pyridine rings is 2. The van der Waals surface area contributed by atoms with Gasteiger partial charge in [-0.1, -0.05) is 0 Å². The molecule has 1 saturated heterocycles. The molecule has 1 aromatic carbocycles. The summed E-state index contributed by atoms with van der Waals surface area (Å²) in [6, 6.07) is 7.15. The highest BCUT2D eigenvalue weighted by Crippen LogP contribution is 2.38. The number of nitrogens with one attached hydrogen (secondary N) is 2. The molecule has 0 aliphatic carbocycles. The van der Waals surface area contributed by atoms with Crippen LogP contribution in [0.5, 0.6) is 0 Å². The predicted molar refractivity (Wildman–Crippen MR) is 136 cm³/mol. The minimum Gasteiger partial charge on any atom is -0.368 e. The molecule has 1 fully saturated rings. The Labute approximate surface area is 212 Å². The molecular weight excluding hydrogens is 501 g/mol. The van der Waals surface area contributed by atoms with E-state index in [0.717, 1.165) is 10.6 Å². The van der Waals surface area contributed by atoms with Crippen LogP contribution in [0.15, 0.2) is 58.5 Å². The summed E-state index contributed by atoms with van der Waals surface area (Å²) in [7, 11) is 1.75. The van der Waals surface area contributed by atoms with Gasteiger partial charge >= 0.3 is 11.9 Å². The van der Waals surface area contributed by atoms with E-state index in [1.54, 1.807) is 41.2 Å². The standard InChI is InChI=1S/C25H21F3N8O2/c1-34-13-14(11-31-34)18-3-4-19-21(32-18)22-16(12-30-19)23(37)33-24(38)36(22)15-2-5-20(17(10-15)25(26,27)28)35-8-6-29-7-9-35/h2-5,10-13,29H,6-9H2,1H3,(H,33,37,38). The number of hydrogen-bond acceptors (Lipinski definition) is 7. The number of aromatic nitrogens is 6. The first-order chi connectivity index (χ1) is 18.2. The number of fused-ring (bicyclic) bond motifs is 3. The molecule has 0 atom stereocenters. The summed E-state index contributed by atoms with van der Waals surface area (Å²) in [5.74, 6) is 0. The molecule has 5 heterocycles. The van der Waals surface area contributed by atoms with Crippen molar-refractivity contribution in [2.75, 3.05) is 31.1 Å². The number of H-pyrrole nitrogens is 1. The number of anilines is 1. The molecule has 10 nitrogen and oxygen atoms in total. The topological polar surface area (TPSA) is 114 Å². The third-order valence-corrected chi connectivity index (χ3v) is 6.58. The van der Waals surface area contributed by atoms with Crippen molar-refractivity contribution >= 4 is 27.6 Å². The van der Waals surface area contributed by atoms with Crippen molar-refractivity contribution in [2.24, 2.45) is 7.05 Å². The van der Waals surface area contributed by atoms with E-state index < -0.39 is 23.0 Å². The van der Waals surface area contributed by atoms with Crippen LogP contribution in [0, 0.1) is 0 Å². The second-order valence-electron chi connectivity index (χ2n) is 9.02. The first-order valence-corrected chi connectivity index (χ1v) is 11.8. The lowest BCUT2D eigenvalue weighted by atomic mass is 10.1. The van der Waals surface area contributed by atoms with Crippen molar-refractivity contribution in [3.63, 3.8) is 0 Å². The van der Waals surface area contributed by atoms with E-state index in [9.17, 15) is 22.8 Å². The lowest BCUT2D eigenvalue weighted by Gasteiger charge is -2.31. The van der Waals surface area contributed by atoms with Crippen LogP contribution < -0.4 is 21.5 Å². The number of hydrogen-bond donors (Lipinski definition) is 2. The highest BCUT2D eigenvalue weighted by molar-refractivity contribution is 6.01. The van der Waals surface area contributed by atoms with Crippen molar-refractivity contribution in [1.82, 2.24) is 34.6 Å². The second kappa shape index (κ2) is 8.80. The van der Waals surface area contributed by atoms with Crippen molar-refractivity contribution in [2.45, 2.75) is 6.18 Å². The van der Waals surface area contributed by atoms with E-state index in [4.69, 9.17) is 0 Å². The van der Waals surface area contributed by atoms with Crippen LogP contribution in [-0.2, 0) is 13.2 Å². The van der Waals surface area contributed by atoms with Crippen molar-refractivity contribution < 1.29 is 13.2 Å². The van der Waals surface area contributed by atoms with Gasteiger partial charge in [0.15, 0.2) is 0 Å². The molecule has 6 rings (SSSR count). The zero-order chi connectivity index (χ0) is 26.6. The van der Waals surface area contributed by atoms with Crippen LogP contribution in [0.3, 0.4) is 0 Å². The molecule has 0 bridgehead atoms. The van der Waals surface area contributed by atoms with Gasteiger partial charge in [0.2, 0.25) is 0 Å². The fourth-order valence-electron chi connectivity index (χ4n) is 4.80. The van der Waals surface area contributed by atoms with Crippen LogP contribution in [-0.4, -0.2) is 55.5 Å². The summed E-state index contributed by atoms with van der Waals surface area (Å²) in [5, 5.41) is 7.29. The lowest BCUT2D eigenvalue weighted by molar-refractivity contribution is -0.137. The fourth-order valence-corrected chi connectivity index (χ4v) is 4.80. The third kappa shape index (κ3) is 4.00. The molecule has 5 aromatic rings. The third-order valence-electron chi connectivity index (χ3n) is 6.58. The number of aryl methyl sites for hydroxylation is 1. The molecule has 194 valence electrons. The van der Waals surface area contributed by atoms with Gasteiger partial charge in [0.25, 0.3) is 5.56 Å². The van der Waals surface area contributed by atoms with Crippen molar-refractivity contribution in [1.29, 1.82) is 0 Å². The fraction of sp³-hybridized carbons (Fsp3) is 0.240. The Hall–Kier alpha value is -4.52. The highest BCUT2D eigenvalue weighted by atomic mass is 19.4. The smallest absolute Gasteiger partial charge is 0.368 e. The maximum atomic E-state index is 14.3. The molecule has 0 radical (unpaired) electrons. The van der Waals surface area contributed by atoms with E-state index in [1.807, 2.05) is 0 Å². The highest BCUT2D eigenvalue weighted by Gasteiger charge is 2.36. The number of halogens is 3. The van der Waals surface area contributed by atoms with Crippen molar-refractivity contribution in [3.8, 4) is 16.9 Å². The Kier molecular flexibility index (Phi) is 5.52. The maximum absolute atomic E-state index is 14.3. The molecule has 2 N–H and O–H groups in total. The molecule has 0 saturated carbocycles. The Morgan fingerprint density at radius 1 is 1.03 bits per heavy atom. The monoisotopic (exact) mass is 522 g/mol. The average molecular weight is 522 g/mol. The molecule has 38 heavy (non-hydrogen) atoms. The molecule has 0 spiro atoms. The molecule has 0 unspecified atom stereocenters. The first kappa shape index (κ1) is 23.9. The van der Waals surface area contributed by atoms with Gasteiger partial charge in [0, 0.05) is 56.9 Å². The number of benzene rings is 1. The normalized spacial score (nSPS) is 14.5. The Morgan fingerprint density at radius 2 is 1.82 bits per heavy atom. The molecule has 0 amide bonds. The van der Waals surface area contributed by atoms with Gasteiger partial charge < -0.3 is 10.2 Å². The minimum absolute atomic E-state index is 0.0210. The minimum atomic E-state index is -4.67. The molecule has 1 aliphatic rings. The molecular formula is C25H21F3N8O2. The van der Waals surface area contributed by atoms with E-state index in [0.29, 0.717) is 43.0 Å². The first-order valence-electron chi connectivity index (χ1n) is 11.8. The summed E-state index contributed by atoms with van der Waals surface area (Å²) in [6.07, 6.45) is -0.0288. The number of nitrogens with zero attached hydrogens (tertiary/aromatic N) is 6. The number of rotatable bonds is 3. The molecule has 4 aromatic heterocycles. The quantitative estimate of drug-likeness (QED) is 0.350. The van der Waals surface area contributed by atoms with Gasteiger partial charge in [0.1, 0.15) is 5.52 Å². The van der Waals surface area contributed by atoms with E-state index in [-0.39, 0.29) is 27.8 Å².